The van der Waals surface area contributed by atoms with E-state index in [9.17, 15) is 0 Å². The van der Waals surface area contributed by atoms with Gasteiger partial charge in [0, 0.05) is 0 Å². The summed E-state index contributed by atoms with van der Waals surface area (Å²) in [7, 11) is 0. The molecule has 0 radical (unpaired) electrons. The van der Waals surface area contributed by atoms with Crippen LogP contribution < -0.4 is 0 Å². The zero-order chi connectivity index (χ0) is 11.8. The number of fused-ring (bicyclic) bond motifs is 1. The van der Waals surface area contributed by atoms with E-state index in [2.05, 4.69) is 62.4 Å². The summed E-state index contributed by atoms with van der Waals surface area (Å²) in [5, 5.41) is 0. The molecule has 1 fully saturated rings. The molecule has 4 unspecified atom stereocenters. The van der Waals surface area contributed by atoms with E-state index in [-0.39, 0.29) is 0 Å². The standard InChI is InChI=1S/C17H20/c1-12-11-17-15(13(12)2)9-6-10-16(17)14-7-4-3-5-8-14/h3-10,12-13,15,17H,11H2,1-2H3. The Kier molecular flexibility index (Phi) is 2.66. The van der Waals surface area contributed by atoms with Crippen molar-refractivity contribution in [3.63, 3.8) is 0 Å². The first-order valence-corrected chi connectivity index (χ1v) is 6.71. The van der Waals surface area contributed by atoms with Crippen molar-refractivity contribution in [2.24, 2.45) is 23.7 Å². The van der Waals surface area contributed by atoms with Gasteiger partial charge in [-0.15, -0.1) is 0 Å². The summed E-state index contributed by atoms with van der Waals surface area (Å²) in [5.74, 6) is 3.17. The molecule has 2 aliphatic rings. The van der Waals surface area contributed by atoms with Crippen molar-refractivity contribution >= 4 is 5.57 Å². The van der Waals surface area contributed by atoms with Crippen molar-refractivity contribution < 1.29 is 0 Å². The van der Waals surface area contributed by atoms with Gasteiger partial charge in [0.1, 0.15) is 0 Å². The molecule has 0 aliphatic heterocycles. The van der Waals surface area contributed by atoms with Crippen molar-refractivity contribution in [1.29, 1.82) is 0 Å². The van der Waals surface area contributed by atoms with Gasteiger partial charge in [-0.05, 0) is 41.2 Å². The predicted molar refractivity (Wildman–Crippen MR) is 73.5 cm³/mol. The normalized spacial score (nSPS) is 35.5. The number of hydrogen-bond acceptors (Lipinski definition) is 0. The van der Waals surface area contributed by atoms with E-state index in [1.54, 1.807) is 5.57 Å². The first kappa shape index (κ1) is 10.8. The molecule has 17 heavy (non-hydrogen) atoms. The third kappa shape index (κ3) is 1.76. The molecule has 0 heteroatoms. The number of allylic oxidation sites excluding steroid dienone is 4. The molecule has 0 bridgehead atoms. The molecule has 88 valence electrons. The van der Waals surface area contributed by atoms with Crippen LogP contribution in [-0.2, 0) is 0 Å². The molecule has 4 atom stereocenters. The maximum absolute atomic E-state index is 2.42. The van der Waals surface area contributed by atoms with E-state index in [4.69, 9.17) is 0 Å². The number of hydrogen-bond donors (Lipinski definition) is 0. The van der Waals surface area contributed by atoms with Crippen LogP contribution in [0.5, 0.6) is 0 Å². The zero-order valence-corrected chi connectivity index (χ0v) is 10.6. The summed E-state index contributed by atoms with van der Waals surface area (Å²) in [4.78, 5) is 0. The van der Waals surface area contributed by atoms with Crippen molar-refractivity contribution in [2.45, 2.75) is 20.3 Å². The first-order valence-electron chi connectivity index (χ1n) is 6.71. The molecule has 3 rings (SSSR count). The van der Waals surface area contributed by atoms with Gasteiger partial charge in [-0.1, -0.05) is 62.4 Å². The molecule has 0 saturated heterocycles. The predicted octanol–water partition coefficient (Wildman–Crippen LogP) is 4.55. The Morgan fingerprint density at radius 3 is 2.59 bits per heavy atom. The summed E-state index contributed by atoms with van der Waals surface area (Å²) in [6.07, 6.45) is 8.35. The minimum absolute atomic E-state index is 0.743. The van der Waals surface area contributed by atoms with Crippen LogP contribution in [0.4, 0.5) is 0 Å². The van der Waals surface area contributed by atoms with Crippen LogP contribution in [0.1, 0.15) is 25.8 Å². The average molecular weight is 224 g/mol. The van der Waals surface area contributed by atoms with Crippen LogP contribution in [-0.4, -0.2) is 0 Å². The highest BCUT2D eigenvalue weighted by Crippen LogP contribution is 2.49. The van der Waals surface area contributed by atoms with E-state index in [0.717, 1.165) is 23.7 Å². The topological polar surface area (TPSA) is 0 Å². The van der Waals surface area contributed by atoms with Crippen molar-refractivity contribution in [1.82, 2.24) is 0 Å². The van der Waals surface area contributed by atoms with E-state index >= 15 is 0 Å². The highest BCUT2D eigenvalue weighted by atomic mass is 14.4. The van der Waals surface area contributed by atoms with Crippen LogP contribution >= 0.6 is 0 Å². The lowest BCUT2D eigenvalue weighted by Crippen LogP contribution is -2.15. The second-order valence-electron chi connectivity index (χ2n) is 5.63. The van der Waals surface area contributed by atoms with Gasteiger partial charge >= 0.3 is 0 Å². The van der Waals surface area contributed by atoms with E-state index < -0.39 is 0 Å². The highest BCUT2D eigenvalue weighted by molar-refractivity contribution is 5.71. The largest absolute Gasteiger partial charge is 0.0805 e. The molecule has 2 aliphatic carbocycles. The lowest BCUT2D eigenvalue weighted by Gasteiger charge is -2.25. The molecule has 0 spiro atoms. The molecular formula is C17H20. The molecule has 0 amide bonds. The van der Waals surface area contributed by atoms with Gasteiger partial charge in [0.15, 0.2) is 0 Å². The van der Waals surface area contributed by atoms with Crippen LogP contribution in [0.25, 0.3) is 5.57 Å². The molecule has 1 saturated carbocycles. The summed E-state index contributed by atoms with van der Waals surface area (Å²) < 4.78 is 0. The van der Waals surface area contributed by atoms with E-state index in [0.29, 0.717) is 0 Å². The Morgan fingerprint density at radius 1 is 1.06 bits per heavy atom. The van der Waals surface area contributed by atoms with Gasteiger partial charge in [-0.3, -0.25) is 0 Å². The molecule has 1 aromatic rings. The Hall–Kier alpha value is -1.30. The van der Waals surface area contributed by atoms with Gasteiger partial charge in [0.05, 0.1) is 0 Å². The monoisotopic (exact) mass is 224 g/mol. The lowest BCUT2D eigenvalue weighted by atomic mass is 9.79. The number of rotatable bonds is 1. The van der Waals surface area contributed by atoms with Crippen molar-refractivity contribution in [3.05, 3.63) is 54.1 Å². The second-order valence-corrected chi connectivity index (χ2v) is 5.63. The van der Waals surface area contributed by atoms with Crippen LogP contribution in [0, 0.1) is 23.7 Å². The number of benzene rings is 1. The molecular weight excluding hydrogens is 204 g/mol. The van der Waals surface area contributed by atoms with Gasteiger partial charge in [-0.25, -0.2) is 0 Å². The summed E-state index contributed by atoms with van der Waals surface area (Å²) in [5.41, 5.74) is 2.96. The van der Waals surface area contributed by atoms with Crippen LogP contribution in [0.15, 0.2) is 48.6 Å². The van der Waals surface area contributed by atoms with E-state index in [1.165, 1.54) is 12.0 Å². The SMILES string of the molecule is CC1CC2C(c3ccccc3)=CC=CC2C1C. The summed E-state index contributed by atoms with van der Waals surface area (Å²) in [6.45, 7) is 4.81. The summed E-state index contributed by atoms with van der Waals surface area (Å²) >= 11 is 0. The molecule has 0 heterocycles. The average Bonchev–Trinajstić information content (AvgIpc) is 2.67. The Balaban J connectivity index is 1.97. The highest BCUT2D eigenvalue weighted by Gasteiger charge is 2.39. The molecule has 0 N–H and O–H groups in total. The Labute approximate surface area is 104 Å². The maximum atomic E-state index is 2.42. The lowest BCUT2D eigenvalue weighted by molar-refractivity contribution is 0.397. The Morgan fingerprint density at radius 2 is 1.82 bits per heavy atom. The quantitative estimate of drug-likeness (QED) is 0.656. The molecule has 1 aromatic carbocycles. The zero-order valence-electron chi connectivity index (χ0n) is 10.6. The third-order valence-electron chi connectivity index (χ3n) is 4.71. The fourth-order valence-electron chi connectivity index (χ4n) is 3.51. The Bertz CT molecular complexity index is 452. The maximum Gasteiger partial charge on any atom is -0.00877 e. The fourth-order valence-corrected chi connectivity index (χ4v) is 3.51. The minimum atomic E-state index is 0.743. The van der Waals surface area contributed by atoms with E-state index in [1.807, 2.05) is 0 Å². The fraction of sp³-hybridized carbons (Fsp3) is 0.412. The van der Waals surface area contributed by atoms with Crippen molar-refractivity contribution in [3.8, 4) is 0 Å². The molecule has 0 nitrogen and oxygen atoms in total. The third-order valence-corrected chi connectivity index (χ3v) is 4.71. The van der Waals surface area contributed by atoms with Gasteiger partial charge < -0.3 is 0 Å². The smallest absolute Gasteiger partial charge is 0.00877 e. The van der Waals surface area contributed by atoms with Gasteiger partial charge in [0.2, 0.25) is 0 Å². The first-order chi connectivity index (χ1) is 8.27. The van der Waals surface area contributed by atoms with Gasteiger partial charge in [-0.2, -0.15) is 0 Å². The summed E-state index contributed by atoms with van der Waals surface area (Å²) in [6, 6.07) is 10.9. The van der Waals surface area contributed by atoms with Crippen LogP contribution in [0.2, 0.25) is 0 Å². The van der Waals surface area contributed by atoms with Crippen LogP contribution in [0.3, 0.4) is 0 Å². The van der Waals surface area contributed by atoms with Crippen molar-refractivity contribution in [2.75, 3.05) is 0 Å². The second kappa shape index (κ2) is 4.18. The van der Waals surface area contributed by atoms with Gasteiger partial charge in [0.25, 0.3) is 0 Å². The molecule has 0 aromatic heterocycles. The minimum Gasteiger partial charge on any atom is -0.0805 e.